The van der Waals surface area contributed by atoms with E-state index in [0.29, 0.717) is 6.42 Å². The van der Waals surface area contributed by atoms with Crippen molar-refractivity contribution in [3.8, 4) is 17.0 Å². The van der Waals surface area contributed by atoms with Crippen LogP contribution in [0.1, 0.15) is 44.8 Å². The summed E-state index contributed by atoms with van der Waals surface area (Å²) >= 11 is 0. The van der Waals surface area contributed by atoms with Gasteiger partial charge in [-0.15, -0.1) is 0 Å². The van der Waals surface area contributed by atoms with Crippen molar-refractivity contribution in [1.82, 2.24) is 4.98 Å². The summed E-state index contributed by atoms with van der Waals surface area (Å²) < 4.78 is 5.62. The molecule has 1 unspecified atom stereocenters. The van der Waals surface area contributed by atoms with Crippen LogP contribution in [0, 0.1) is 0 Å². The van der Waals surface area contributed by atoms with Crippen LogP contribution in [-0.2, 0) is 0 Å². The van der Waals surface area contributed by atoms with E-state index >= 15 is 0 Å². The van der Waals surface area contributed by atoms with Crippen molar-refractivity contribution < 1.29 is 9.84 Å². The summed E-state index contributed by atoms with van der Waals surface area (Å²) in [4.78, 5) is 4.47. The highest BCUT2D eigenvalue weighted by molar-refractivity contribution is 5.64. The molecule has 1 aromatic carbocycles. The SMILES string of the molecule is CCCCOc1ccc(-c2ccccc2C(O)CC)nc1. The number of unbranched alkanes of at least 4 members (excludes halogenated alkanes) is 1. The number of rotatable bonds is 7. The average Bonchev–Trinajstić information content (AvgIpc) is 2.55. The van der Waals surface area contributed by atoms with Crippen LogP contribution in [0.25, 0.3) is 11.3 Å². The van der Waals surface area contributed by atoms with Crippen LogP contribution in [0.3, 0.4) is 0 Å². The predicted molar refractivity (Wildman–Crippen MR) is 85.3 cm³/mol. The Morgan fingerprint density at radius 3 is 2.62 bits per heavy atom. The molecule has 0 aliphatic carbocycles. The van der Waals surface area contributed by atoms with Gasteiger partial charge in [-0.05, 0) is 30.5 Å². The maximum atomic E-state index is 10.1. The Labute approximate surface area is 126 Å². The molecule has 0 radical (unpaired) electrons. The number of aliphatic hydroxyl groups is 1. The molecule has 0 saturated carbocycles. The Morgan fingerprint density at radius 1 is 1.14 bits per heavy atom. The smallest absolute Gasteiger partial charge is 0.137 e. The zero-order valence-corrected chi connectivity index (χ0v) is 12.7. The molecule has 1 N–H and O–H groups in total. The summed E-state index contributed by atoms with van der Waals surface area (Å²) in [7, 11) is 0. The lowest BCUT2D eigenvalue weighted by molar-refractivity contribution is 0.174. The molecule has 2 aromatic rings. The Morgan fingerprint density at radius 2 is 1.95 bits per heavy atom. The normalized spacial score (nSPS) is 12.1. The van der Waals surface area contributed by atoms with Crippen molar-refractivity contribution in [1.29, 1.82) is 0 Å². The van der Waals surface area contributed by atoms with E-state index in [4.69, 9.17) is 4.74 Å². The van der Waals surface area contributed by atoms with Gasteiger partial charge in [0.1, 0.15) is 5.75 Å². The number of hydrogen-bond donors (Lipinski definition) is 1. The van der Waals surface area contributed by atoms with Gasteiger partial charge in [-0.3, -0.25) is 4.98 Å². The van der Waals surface area contributed by atoms with Gasteiger partial charge in [0.2, 0.25) is 0 Å². The lowest BCUT2D eigenvalue weighted by Crippen LogP contribution is -2.00. The molecule has 112 valence electrons. The first-order chi connectivity index (χ1) is 10.3. The predicted octanol–water partition coefficient (Wildman–Crippen LogP) is 4.37. The molecule has 3 heteroatoms. The molecular weight excluding hydrogens is 262 g/mol. The quantitative estimate of drug-likeness (QED) is 0.768. The van der Waals surface area contributed by atoms with Crippen LogP contribution >= 0.6 is 0 Å². The molecule has 0 aliphatic rings. The van der Waals surface area contributed by atoms with Crippen LogP contribution in [-0.4, -0.2) is 16.7 Å². The third kappa shape index (κ3) is 4.05. The van der Waals surface area contributed by atoms with E-state index in [1.165, 1.54) is 0 Å². The summed E-state index contributed by atoms with van der Waals surface area (Å²) in [6, 6.07) is 11.7. The molecule has 1 aromatic heterocycles. The van der Waals surface area contributed by atoms with Crippen molar-refractivity contribution in [2.24, 2.45) is 0 Å². The molecule has 1 heterocycles. The fraction of sp³-hybridized carbons (Fsp3) is 0.389. The number of hydrogen-bond acceptors (Lipinski definition) is 3. The molecule has 0 fully saturated rings. The van der Waals surface area contributed by atoms with Gasteiger partial charge in [-0.1, -0.05) is 44.5 Å². The molecule has 0 aliphatic heterocycles. The minimum Gasteiger partial charge on any atom is -0.492 e. The second-order valence-electron chi connectivity index (χ2n) is 5.09. The summed E-state index contributed by atoms with van der Waals surface area (Å²) in [5.74, 6) is 0.792. The number of aromatic nitrogens is 1. The maximum Gasteiger partial charge on any atom is 0.137 e. The van der Waals surface area contributed by atoms with Crippen molar-refractivity contribution in [3.63, 3.8) is 0 Å². The van der Waals surface area contributed by atoms with Crippen LogP contribution in [0.4, 0.5) is 0 Å². The number of benzene rings is 1. The van der Waals surface area contributed by atoms with E-state index in [-0.39, 0.29) is 0 Å². The van der Waals surface area contributed by atoms with Gasteiger partial charge in [0.15, 0.2) is 0 Å². The van der Waals surface area contributed by atoms with Gasteiger partial charge in [-0.25, -0.2) is 0 Å². The number of nitrogens with zero attached hydrogens (tertiary/aromatic N) is 1. The van der Waals surface area contributed by atoms with E-state index in [1.807, 2.05) is 43.3 Å². The third-order valence-electron chi connectivity index (χ3n) is 3.49. The van der Waals surface area contributed by atoms with Crippen LogP contribution < -0.4 is 4.74 Å². The second kappa shape index (κ2) is 7.79. The highest BCUT2D eigenvalue weighted by Gasteiger charge is 2.12. The monoisotopic (exact) mass is 285 g/mol. The summed E-state index contributed by atoms with van der Waals surface area (Å²) in [6.45, 7) is 4.84. The molecule has 0 bridgehead atoms. The van der Waals surface area contributed by atoms with E-state index in [2.05, 4.69) is 11.9 Å². The van der Waals surface area contributed by atoms with Crippen LogP contribution in [0.2, 0.25) is 0 Å². The van der Waals surface area contributed by atoms with E-state index in [1.54, 1.807) is 6.20 Å². The largest absolute Gasteiger partial charge is 0.492 e. The second-order valence-corrected chi connectivity index (χ2v) is 5.09. The maximum absolute atomic E-state index is 10.1. The van der Waals surface area contributed by atoms with E-state index in [9.17, 15) is 5.11 Å². The van der Waals surface area contributed by atoms with Gasteiger partial charge in [0, 0.05) is 5.56 Å². The first-order valence-corrected chi connectivity index (χ1v) is 7.62. The van der Waals surface area contributed by atoms with Gasteiger partial charge >= 0.3 is 0 Å². The Hall–Kier alpha value is -1.87. The van der Waals surface area contributed by atoms with Crippen molar-refractivity contribution in [2.45, 2.75) is 39.2 Å². The molecule has 2 rings (SSSR count). The molecule has 0 amide bonds. The standard InChI is InChI=1S/C18H23NO2/c1-3-5-12-21-14-10-11-17(19-13-14)15-8-6-7-9-16(15)18(20)4-2/h6-11,13,18,20H,3-5,12H2,1-2H3. The van der Waals surface area contributed by atoms with Gasteiger partial charge < -0.3 is 9.84 Å². The Balaban J connectivity index is 2.19. The fourth-order valence-electron chi connectivity index (χ4n) is 2.20. The zero-order chi connectivity index (χ0) is 15.1. The average molecular weight is 285 g/mol. The highest BCUT2D eigenvalue weighted by atomic mass is 16.5. The van der Waals surface area contributed by atoms with E-state index < -0.39 is 6.10 Å². The van der Waals surface area contributed by atoms with Crippen molar-refractivity contribution in [3.05, 3.63) is 48.2 Å². The fourth-order valence-corrected chi connectivity index (χ4v) is 2.20. The lowest BCUT2D eigenvalue weighted by atomic mass is 9.98. The molecule has 0 saturated heterocycles. The zero-order valence-electron chi connectivity index (χ0n) is 12.7. The molecule has 3 nitrogen and oxygen atoms in total. The number of pyridine rings is 1. The Bertz CT molecular complexity index is 551. The lowest BCUT2D eigenvalue weighted by Gasteiger charge is -2.14. The summed E-state index contributed by atoms with van der Waals surface area (Å²) in [6.07, 6.45) is 4.15. The number of ether oxygens (including phenoxy) is 1. The highest BCUT2D eigenvalue weighted by Crippen LogP contribution is 2.29. The molecule has 21 heavy (non-hydrogen) atoms. The molecule has 1 atom stereocenters. The van der Waals surface area contributed by atoms with Crippen molar-refractivity contribution in [2.75, 3.05) is 6.61 Å². The summed E-state index contributed by atoms with van der Waals surface area (Å²) in [5, 5.41) is 10.1. The first-order valence-electron chi connectivity index (χ1n) is 7.62. The van der Waals surface area contributed by atoms with E-state index in [0.717, 1.165) is 42.0 Å². The molecule has 0 spiro atoms. The van der Waals surface area contributed by atoms with Crippen LogP contribution in [0.15, 0.2) is 42.6 Å². The minimum atomic E-state index is -0.455. The number of aliphatic hydroxyl groups excluding tert-OH is 1. The third-order valence-corrected chi connectivity index (χ3v) is 3.49. The summed E-state index contributed by atoms with van der Waals surface area (Å²) in [5.41, 5.74) is 2.76. The van der Waals surface area contributed by atoms with Crippen LogP contribution in [0.5, 0.6) is 5.75 Å². The molecular formula is C18H23NO2. The van der Waals surface area contributed by atoms with Crippen molar-refractivity contribution >= 4 is 0 Å². The van der Waals surface area contributed by atoms with Gasteiger partial charge in [0.05, 0.1) is 24.6 Å². The Kier molecular flexibility index (Phi) is 5.76. The first kappa shape index (κ1) is 15.5. The van der Waals surface area contributed by atoms with Gasteiger partial charge in [0.25, 0.3) is 0 Å². The minimum absolute atomic E-state index is 0.455. The topological polar surface area (TPSA) is 42.4 Å². The van der Waals surface area contributed by atoms with Gasteiger partial charge in [-0.2, -0.15) is 0 Å².